The molecular formula is C23H21N3O5S. The zero-order valence-corrected chi connectivity index (χ0v) is 18.6. The molecule has 0 radical (unpaired) electrons. The number of hydrogen-bond donors (Lipinski definition) is 0. The van der Waals surface area contributed by atoms with Crippen molar-refractivity contribution in [2.24, 2.45) is 0 Å². The van der Waals surface area contributed by atoms with Gasteiger partial charge in [0.2, 0.25) is 4.96 Å². The van der Waals surface area contributed by atoms with Crippen LogP contribution in [0.3, 0.4) is 0 Å². The van der Waals surface area contributed by atoms with Crippen LogP contribution in [-0.2, 0) is 0 Å². The predicted molar refractivity (Wildman–Crippen MR) is 123 cm³/mol. The normalized spacial score (nSPS) is 11.5. The summed E-state index contributed by atoms with van der Waals surface area (Å²) in [6, 6.07) is 10.8. The molecule has 0 aliphatic carbocycles. The Hall–Kier alpha value is -3.85. The van der Waals surface area contributed by atoms with E-state index in [2.05, 4.69) is 16.7 Å². The molecule has 0 aliphatic heterocycles. The molecule has 164 valence electrons. The Kier molecular flexibility index (Phi) is 6.09. The zero-order chi connectivity index (χ0) is 22.7. The van der Waals surface area contributed by atoms with Gasteiger partial charge in [0, 0.05) is 5.56 Å². The topological polar surface area (TPSA) is 84.2 Å². The molecule has 0 atom stereocenters. The van der Waals surface area contributed by atoms with E-state index in [1.165, 1.54) is 15.9 Å². The Morgan fingerprint density at radius 1 is 1.00 bits per heavy atom. The average molecular weight is 452 g/mol. The van der Waals surface area contributed by atoms with Crippen molar-refractivity contribution in [1.29, 1.82) is 0 Å². The van der Waals surface area contributed by atoms with E-state index in [0.29, 0.717) is 44.9 Å². The molecule has 0 fully saturated rings. The molecule has 0 spiro atoms. The quantitative estimate of drug-likeness (QED) is 0.381. The van der Waals surface area contributed by atoms with Crippen molar-refractivity contribution in [3.63, 3.8) is 0 Å². The van der Waals surface area contributed by atoms with Gasteiger partial charge in [0.15, 0.2) is 28.8 Å². The first-order valence-electron chi connectivity index (χ1n) is 9.63. The van der Waals surface area contributed by atoms with Crippen molar-refractivity contribution in [3.8, 4) is 34.4 Å². The van der Waals surface area contributed by atoms with Crippen LogP contribution in [-0.4, -0.2) is 42.5 Å². The van der Waals surface area contributed by atoms with Gasteiger partial charge in [-0.3, -0.25) is 4.79 Å². The molecule has 2 aromatic heterocycles. The minimum absolute atomic E-state index is 0.241. The SMILES string of the molecule is C=CCOc1ccc(/C=c2/sc3nc(-c4ccc(OC)c(OC)c4)nn3c2=O)cc1OC. The van der Waals surface area contributed by atoms with Crippen LogP contribution in [0.1, 0.15) is 5.56 Å². The van der Waals surface area contributed by atoms with Crippen molar-refractivity contribution >= 4 is 22.4 Å². The summed E-state index contributed by atoms with van der Waals surface area (Å²) < 4.78 is 23.4. The van der Waals surface area contributed by atoms with Gasteiger partial charge < -0.3 is 18.9 Å². The number of methoxy groups -OCH3 is 3. The third-order valence-electron chi connectivity index (χ3n) is 4.67. The maximum Gasteiger partial charge on any atom is 0.291 e. The maximum absolute atomic E-state index is 12.9. The van der Waals surface area contributed by atoms with Crippen LogP contribution in [0.4, 0.5) is 0 Å². The van der Waals surface area contributed by atoms with E-state index in [0.717, 1.165) is 11.1 Å². The number of nitrogens with zero attached hydrogens (tertiary/aromatic N) is 3. The molecule has 0 saturated heterocycles. The van der Waals surface area contributed by atoms with Crippen LogP contribution in [0.5, 0.6) is 23.0 Å². The summed E-state index contributed by atoms with van der Waals surface area (Å²) in [6.45, 7) is 4.02. The Bertz CT molecular complexity index is 1390. The highest BCUT2D eigenvalue weighted by Gasteiger charge is 2.14. The van der Waals surface area contributed by atoms with Gasteiger partial charge in [-0.05, 0) is 42.0 Å². The minimum Gasteiger partial charge on any atom is -0.493 e. The zero-order valence-electron chi connectivity index (χ0n) is 17.8. The van der Waals surface area contributed by atoms with Crippen molar-refractivity contribution in [3.05, 3.63) is 69.5 Å². The van der Waals surface area contributed by atoms with Gasteiger partial charge in [-0.15, -0.1) is 5.10 Å². The molecule has 0 amide bonds. The molecule has 0 aliphatic rings. The Morgan fingerprint density at radius 3 is 2.41 bits per heavy atom. The number of aromatic nitrogens is 3. The largest absolute Gasteiger partial charge is 0.493 e. The lowest BCUT2D eigenvalue weighted by molar-refractivity contribution is 0.326. The fourth-order valence-corrected chi connectivity index (χ4v) is 4.03. The van der Waals surface area contributed by atoms with Gasteiger partial charge in [-0.1, -0.05) is 30.1 Å². The van der Waals surface area contributed by atoms with Crippen molar-refractivity contribution in [1.82, 2.24) is 14.6 Å². The van der Waals surface area contributed by atoms with Crippen molar-refractivity contribution < 1.29 is 18.9 Å². The molecule has 32 heavy (non-hydrogen) atoms. The second-order valence-electron chi connectivity index (χ2n) is 6.63. The second kappa shape index (κ2) is 9.11. The highest BCUT2D eigenvalue weighted by atomic mass is 32.1. The molecule has 2 heterocycles. The summed E-state index contributed by atoms with van der Waals surface area (Å²) in [5.74, 6) is 2.78. The lowest BCUT2D eigenvalue weighted by Gasteiger charge is -2.09. The summed E-state index contributed by atoms with van der Waals surface area (Å²) in [7, 11) is 4.70. The number of hydrogen-bond acceptors (Lipinski definition) is 8. The van der Waals surface area contributed by atoms with Crippen LogP contribution < -0.4 is 29.0 Å². The second-order valence-corrected chi connectivity index (χ2v) is 7.63. The van der Waals surface area contributed by atoms with Crippen molar-refractivity contribution in [2.45, 2.75) is 0 Å². The molecule has 0 bridgehead atoms. The van der Waals surface area contributed by atoms with Gasteiger partial charge in [0.1, 0.15) is 6.61 Å². The highest BCUT2D eigenvalue weighted by Crippen LogP contribution is 2.31. The third-order valence-corrected chi connectivity index (χ3v) is 5.62. The smallest absolute Gasteiger partial charge is 0.291 e. The van der Waals surface area contributed by atoms with E-state index in [-0.39, 0.29) is 5.56 Å². The first kappa shape index (κ1) is 21.4. The lowest BCUT2D eigenvalue weighted by Crippen LogP contribution is -2.23. The maximum atomic E-state index is 12.9. The van der Waals surface area contributed by atoms with Crippen LogP contribution in [0.15, 0.2) is 53.8 Å². The Balaban J connectivity index is 1.70. The Labute approximate surface area is 188 Å². The number of fused-ring (bicyclic) bond motifs is 1. The molecule has 4 rings (SSSR count). The van der Waals surface area contributed by atoms with E-state index in [1.54, 1.807) is 51.7 Å². The lowest BCUT2D eigenvalue weighted by atomic mass is 10.2. The van der Waals surface area contributed by atoms with Crippen molar-refractivity contribution in [2.75, 3.05) is 27.9 Å². The number of ether oxygens (including phenoxy) is 4. The third kappa shape index (κ3) is 4.02. The predicted octanol–water partition coefficient (Wildman–Crippen LogP) is 2.96. The molecule has 9 heteroatoms. The van der Waals surface area contributed by atoms with Gasteiger partial charge in [0.25, 0.3) is 5.56 Å². The first-order chi connectivity index (χ1) is 15.6. The van der Waals surface area contributed by atoms with Crippen LogP contribution in [0.2, 0.25) is 0 Å². The van der Waals surface area contributed by atoms with E-state index in [4.69, 9.17) is 18.9 Å². The van der Waals surface area contributed by atoms with E-state index in [9.17, 15) is 4.79 Å². The van der Waals surface area contributed by atoms with E-state index < -0.39 is 0 Å². The monoisotopic (exact) mass is 451 g/mol. The standard InChI is InChI=1S/C23H21N3O5S/c1-5-10-31-17-8-6-14(11-18(17)29-3)12-20-22(27)26-23(32-20)24-21(25-26)15-7-9-16(28-2)19(13-15)30-4/h5-9,11-13H,1,10H2,2-4H3/b20-12+. The van der Waals surface area contributed by atoms with E-state index >= 15 is 0 Å². The molecule has 4 aromatic rings. The summed E-state index contributed by atoms with van der Waals surface area (Å²) >= 11 is 1.26. The number of thiazole rings is 1. The molecule has 2 aromatic carbocycles. The fraction of sp³-hybridized carbons (Fsp3) is 0.174. The fourth-order valence-electron chi connectivity index (χ4n) is 3.12. The molecule has 0 N–H and O–H groups in total. The molecule has 0 unspecified atom stereocenters. The van der Waals surface area contributed by atoms with Gasteiger partial charge in [-0.2, -0.15) is 9.50 Å². The van der Waals surface area contributed by atoms with Crippen LogP contribution >= 0.6 is 11.3 Å². The molecule has 8 nitrogen and oxygen atoms in total. The Morgan fingerprint density at radius 2 is 1.72 bits per heavy atom. The summed E-state index contributed by atoms with van der Waals surface area (Å²) in [4.78, 5) is 17.9. The average Bonchev–Trinajstić information content (AvgIpc) is 3.36. The van der Waals surface area contributed by atoms with Gasteiger partial charge in [-0.25, -0.2) is 0 Å². The summed E-state index contributed by atoms with van der Waals surface area (Å²) in [6.07, 6.45) is 3.44. The first-order valence-corrected chi connectivity index (χ1v) is 10.4. The molecule has 0 saturated carbocycles. The van der Waals surface area contributed by atoms with Crippen LogP contribution in [0, 0.1) is 0 Å². The van der Waals surface area contributed by atoms with Gasteiger partial charge >= 0.3 is 0 Å². The van der Waals surface area contributed by atoms with E-state index in [1.807, 2.05) is 18.2 Å². The highest BCUT2D eigenvalue weighted by molar-refractivity contribution is 7.15. The number of benzene rings is 2. The summed E-state index contributed by atoms with van der Waals surface area (Å²) in [5, 5.41) is 4.39. The summed E-state index contributed by atoms with van der Waals surface area (Å²) in [5.41, 5.74) is 1.29. The van der Waals surface area contributed by atoms with Crippen LogP contribution in [0.25, 0.3) is 22.4 Å². The number of rotatable bonds is 8. The minimum atomic E-state index is -0.241. The molecular weight excluding hydrogens is 430 g/mol. The van der Waals surface area contributed by atoms with Gasteiger partial charge in [0.05, 0.1) is 25.9 Å².